The van der Waals surface area contributed by atoms with Crippen LogP contribution in [0.25, 0.3) is 0 Å². The summed E-state index contributed by atoms with van der Waals surface area (Å²) in [6, 6.07) is 0. The lowest BCUT2D eigenvalue weighted by atomic mass is 9.99. The summed E-state index contributed by atoms with van der Waals surface area (Å²) < 4.78 is 0. The van der Waals surface area contributed by atoms with E-state index in [0.717, 1.165) is 19.3 Å². The third kappa shape index (κ3) is 6.94. The number of hydrogen-bond acceptors (Lipinski definition) is 2. The number of rotatable bonds is 0. The van der Waals surface area contributed by atoms with Crippen molar-refractivity contribution in [3.8, 4) is 0 Å². The molecule has 1 saturated carbocycles. The van der Waals surface area contributed by atoms with E-state index >= 15 is 0 Å². The van der Waals surface area contributed by atoms with Crippen LogP contribution in [-0.4, -0.2) is 17.0 Å². The average Bonchev–Trinajstić information content (AvgIpc) is 1.59. The highest BCUT2D eigenvalue weighted by Gasteiger charge is 2.09. The van der Waals surface area contributed by atoms with Crippen molar-refractivity contribution in [2.75, 3.05) is 0 Å². The van der Waals surface area contributed by atoms with Crippen molar-refractivity contribution in [3.63, 3.8) is 0 Å². The lowest BCUT2D eigenvalue weighted by Crippen LogP contribution is -2.07. The summed E-state index contributed by atoms with van der Waals surface area (Å²) in [5.74, 6) is 0.435. The minimum absolute atomic E-state index is 0.435. The van der Waals surface area contributed by atoms with Crippen LogP contribution in [0.15, 0.2) is 0 Å². The molecule has 4 nitrogen and oxygen atoms in total. The van der Waals surface area contributed by atoms with Gasteiger partial charge in [-0.2, -0.15) is 0 Å². The van der Waals surface area contributed by atoms with E-state index in [2.05, 4.69) is 5.73 Å². The van der Waals surface area contributed by atoms with E-state index in [1.807, 2.05) is 0 Å². The van der Waals surface area contributed by atoms with Crippen molar-refractivity contribution in [3.05, 3.63) is 0 Å². The molecule has 1 aliphatic carbocycles. The van der Waals surface area contributed by atoms with Crippen molar-refractivity contribution in [1.29, 1.82) is 0 Å². The average molecular weight is 131 g/mol. The second-order valence-electron chi connectivity index (χ2n) is 1.73. The second kappa shape index (κ2) is 3.88. The van der Waals surface area contributed by atoms with Gasteiger partial charge in [-0.3, -0.25) is 4.79 Å². The van der Waals surface area contributed by atoms with Crippen LogP contribution >= 0.6 is 0 Å². The number of nitrogens with two attached hydrogens (primary N) is 1. The highest BCUT2D eigenvalue weighted by atomic mass is 16.4. The van der Waals surface area contributed by atoms with E-state index in [9.17, 15) is 4.79 Å². The van der Waals surface area contributed by atoms with E-state index in [0.29, 0.717) is 5.78 Å². The Labute approximate surface area is 52.7 Å². The molecule has 1 rings (SSSR count). The zero-order chi connectivity index (χ0) is 7.28. The monoisotopic (exact) mass is 131 g/mol. The maximum absolute atomic E-state index is 9.90. The first-order chi connectivity index (χ1) is 4.13. The number of carboxylic acid groups (broad SMARTS) is 1. The molecular weight excluding hydrogens is 122 g/mol. The van der Waals surface area contributed by atoms with Crippen LogP contribution in [0.3, 0.4) is 0 Å². The Morgan fingerprint density at radius 1 is 1.56 bits per heavy atom. The van der Waals surface area contributed by atoms with Gasteiger partial charge < -0.3 is 10.8 Å². The van der Waals surface area contributed by atoms with Crippen molar-refractivity contribution in [2.45, 2.75) is 19.3 Å². The van der Waals surface area contributed by atoms with Gasteiger partial charge in [-0.15, -0.1) is 0 Å². The van der Waals surface area contributed by atoms with Gasteiger partial charge in [0.1, 0.15) is 5.78 Å². The molecule has 1 amide bonds. The molecular formula is C5H9NO3. The second-order valence-corrected chi connectivity index (χ2v) is 1.73. The Kier molecular flexibility index (Phi) is 3.43. The van der Waals surface area contributed by atoms with Gasteiger partial charge in [-0.25, -0.2) is 4.79 Å². The van der Waals surface area contributed by atoms with Gasteiger partial charge in [-0.1, -0.05) is 0 Å². The molecule has 3 N–H and O–H groups in total. The van der Waals surface area contributed by atoms with E-state index in [1.165, 1.54) is 0 Å². The molecule has 0 unspecified atom stereocenters. The highest BCUT2D eigenvalue weighted by Crippen LogP contribution is 2.10. The lowest BCUT2D eigenvalue weighted by molar-refractivity contribution is -0.123. The number of carbonyl (C=O) groups is 2. The van der Waals surface area contributed by atoms with Crippen LogP contribution in [0.5, 0.6) is 0 Å². The molecule has 0 aromatic heterocycles. The quantitative estimate of drug-likeness (QED) is 0.498. The topological polar surface area (TPSA) is 80.4 Å². The summed E-state index contributed by atoms with van der Waals surface area (Å²) >= 11 is 0. The third-order valence-corrected chi connectivity index (χ3v) is 0.911. The standard InChI is InChI=1S/C4H6O.CH3NO2/c5-4-2-1-3-4;2-1(3)4/h1-3H2;2H2,(H,3,4). The largest absolute Gasteiger partial charge is 0.465 e. The van der Waals surface area contributed by atoms with Gasteiger partial charge in [0.15, 0.2) is 0 Å². The van der Waals surface area contributed by atoms with Gasteiger partial charge >= 0.3 is 6.09 Å². The minimum Gasteiger partial charge on any atom is -0.465 e. The van der Waals surface area contributed by atoms with Gasteiger partial charge in [0.05, 0.1) is 0 Å². The Morgan fingerprint density at radius 2 is 1.78 bits per heavy atom. The van der Waals surface area contributed by atoms with Gasteiger partial charge in [-0.05, 0) is 6.42 Å². The van der Waals surface area contributed by atoms with Crippen molar-refractivity contribution >= 4 is 11.9 Å². The molecule has 4 heteroatoms. The number of amides is 1. The molecule has 0 aromatic rings. The van der Waals surface area contributed by atoms with Gasteiger partial charge in [0.2, 0.25) is 0 Å². The molecule has 0 radical (unpaired) electrons. The molecule has 0 spiro atoms. The first-order valence-corrected chi connectivity index (χ1v) is 2.63. The fourth-order valence-electron chi connectivity index (χ4n) is 0.321. The number of hydrogen-bond donors (Lipinski definition) is 2. The van der Waals surface area contributed by atoms with Crippen molar-refractivity contribution in [1.82, 2.24) is 0 Å². The predicted molar refractivity (Wildman–Crippen MR) is 31.1 cm³/mol. The summed E-state index contributed by atoms with van der Waals surface area (Å²) in [5.41, 5.74) is 4.03. The maximum atomic E-state index is 9.90. The smallest absolute Gasteiger partial charge is 0.402 e. The van der Waals surface area contributed by atoms with Crippen LogP contribution < -0.4 is 5.73 Å². The van der Waals surface area contributed by atoms with E-state index in [1.54, 1.807) is 0 Å². The zero-order valence-electron chi connectivity index (χ0n) is 4.96. The number of ketones is 1. The fourth-order valence-corrected chi connectivity index (χ4v) is 0.321. The molecule has 0 atom stereocenters. The normalized spacial score (nSPS) is 14.9. The first kappa shape index (κ1) is 7.94. The molecule has 0 heterocycles. The van der Waals surface area contributed by atoms with Crippen molar-refractivity contribution in [2.24, 2.45) is 5.73 Å². The van der Waals surface area contributed by atoms with Crippen LogP contribution in [-0.2, 0) is 4.79 Å². The van der Waals surface area contributed by atoms with Crippen LogP contribution in [0.4, 0.5) is 4.79 Å². The number of carbonyl (C=O) groups excluding carboxylic acids is 1. The number of Topliss-reactive ketones (excluding diaryl/α,β-unsaturated/α-hetero) is 1. The molecule has 52 valence electrons. The molecule has 0 saturated heterocycles. The van der Waals surface area contributed by atoms with Crippen molar-refractivity contribution < 1.29 is 14.7 Å². The molecule has 9 heavy (non-hydrogen) atoms. The number of primary amides is 1. The molecule has 0 bridgehead atoms. The van der Waals surface area contributed by atoms with E-state index in [-0.39, 0.29) is 0 Å². The Bertz CT molecular complexity index is 111. The Balaban J connectivity index is 0.000000148. The minimum atomic E-state index is -1.33. The van der Waals surface area contributed by atoms with Crippen LogP contribution in [0.1, 0.15) is 19.3 Å². The third-order valence-electron chi connectivity index (χ3n) is 0.911. The van der Waals surface area contributed by atoms with E-state index in [4.69, 9.17) is 9.90 Å². The molecule has 1 fully saturated rings. The Morgan fingerprint density at radius 3 is 1.78 bits per heavy atom. The zero-order valence-corrected chi connectivity index (χ0v) is 4.96. The van der Waals surface area contributed by atoms with Crippen LogP contribution in [0.2, 0.25) is 0 Å². The predicted octanol–water partition coefficient (Wildman–Crippen LogP) is 0.362. The molecule has 0 aliphatic heterocycles. The highest BCUT2D eigenvalue weighted by molar-refractivity contribution is 5.83. The molecule has 0 aromatic carbocycles. The summed E-state index contributed by atoms with van der Waals surface area (Å²) in [7, 11) is 0. The van der Waals surface area contributed by atoms with Gasteiger partial charge in [0, 0.05) is 12.8 Å². The van der Waals surface area contributed by atoms with E-state index < -0.39 is 6.09 Å². The Hall–Kier alpha value is -1.06. The fraction of sp³-hybridized carbons (Fsp3) is 0.600. The summed E-state index contributed by atoms with van der Waals surface area (Å²) in [4.78, 5) is 18.7. The molecule has 1 aliphatic rings. The summed E-state index contributed by atoms with van der Waals surface area (Å²) in [6.45, 7) is 0. The first-order valence-electron chi connectivity index (χ1n) is 2.63. The summed E-state index contributed by atoms with van der Waals surface area (Å²) in [5, 5.41) is 7.19. The SMILES string of the molecule is NC(=O)O.O=C1CCC1. The maximum Gasteiger partial charge on any atom is 0.402 e. The van der Waals surface area contributed by atoms with Gasteiger partial charge in [0.25, 0.3) is 0 Å². The lowest BCUT2D eigenvalue weighted by Gasteiger charge is -2.05. The van der Waals surface area contributed by atoms with Crippen LogP contribution in [0, 0.1) is 0 Å². The summed E-state index contributed by atoms with van der Waals surface area (Å²) in [6.07, 6.45) is 1.50.